The molecule has 2 N–H and O–H groups in total. The van der Waals surface area contributed by atoms with E-state index in [1.165, 1.54) is 11.9 Å². The Morgan fingerprint density at radius 3 is 2.81 bits per heavy atom. The third-order valence-electron chi connectivity index (χ3n) is 3.22. The predicted molar refractivity (Wildman–Crippen MR) is 77.2 cm³/mol. The van der Waals surface area contributed by atoms with E-state index >= 15 is 0 Å². The lowest BCUT2D eigenvalue weighted by atomic mass is 10.0. The van der Waals surface area contributed by atoms with Crippen LogP contribution in [-0.4, -0.2) is 42.5 Å². The average Bonchev–Trinajstić information content (AvgIpc) is 2.69. The van der Waals surface area contributed by atoms with Gasteiger partial charge in [-0.3, -0.25) is 9.59 Å². The predicted octanol–water partition coefficient (Wildman–Crippen LogP) is 0.723. The number of carbonyl (C=O) groups is 2. The highest BCUT2D eigenvalue weighted by Crippen LogP contribution is 2.41. The van der Waals surface area contributed by atoms with Gasteiger partial charge in [0.2, 0.25) is 5.91 Å². The zero-order chi connectivity index (χ0) is 15.6. The molecule has 0 aliphatic carbocycles. The first-order valence-corrected chi connectivity index (χ1v) is 6.74. The molecule has 1 heterocycles. The summed E-state index contributed by atoms with van der Waals surface area (Å²) in [6.07, 6.45) is 0.801. The Morgan fingerprint density at radius 1 is 1.43 bits per heavy atom. The fraction of sp³-hybridized carbons (Fsp3) is 0.467. The van der Waals surface area contributed by atoms with Gasteiger partial charge in [0.15, 0.2) is 18.1 Å². The first-order chi connectivity index (χ1) is 9.78. The Kier molecular flexibility index (Phi) is 4.06. The van der Waals surface area contributed by atoms with E-state index in [4.69, 9.17) is 15.2 Å². The number of likely N-dealkylation sites (N-methyl/N-ethyl adjacent to an activating group) is 1. The van der Waals surface area contributed by atoms with E-state index in [1.807, 2.05) is 26.0 Å². The van der Waals surface area contributed by atoms with Crippen molar-refractivity contribution in [3.05, 3.63) is 23.8 Å². The minimum Gasteiger partial charge on any atom is -0.483 e. The number of hydrogen-bond acceptors (Lipinski definition) is 4. The normalized spacial score (nSPS) is 15.0. The average molecular weight is 292 g/mol. The summed E-state index contributed by atoms with van der Waals surface area (Å²) in [5.41, 5.74) is 5.84. The fourth-order valence-corrected chi connectivity index (χ4v) is 2.27. The number of ether oxygens (including phenoxy) is 2. The van der Waals surface area contributed by atoms with Crippen molar-refractivity contribution in [3.63, 3.8) is 0 Å². The molecule has 1 aliphatic rings. The number of para-hydroxylation sites is 1. The number of hydrogen-bond donors (Lipinski definition) is 1. The minimum absolute atomic E-state index is 0.126. The number of primary amides is 1. The van der Waals surface area contributed by atoms with Gasteiger partial charge in [-0.2, -0.15) is 0 Å². The van der Waals surface area contributed by atoms with Gasteiger partial charge >= 0.3 is 0 Å². The van der Waals surface area contributed by atoms with Crippen molar-refractivity contribution < 1.29 is 19.1 Å². The zero-order valence-corrected chi connectivity index (χ0v) is 12.5. The van der Waals surface area contributed by atoms with Crippen LogP contribution in [0.4, 0.5) is 0 Å². The highest BCUT2D eigenvalue weighted by molar-refractivity contribution is 5.84. The number of nitrogens with two attached hydrogens (primary N) is 1. The third kappa shape index (κ3) is 3.65. The smallest absolute Gasteiger partial charge is 0.260 e. The SMILES string of the molecule is CN(CC(N)=O)C(=O)COc1cccc2c1OC(C)(C)C2. The van der Waals surface area contributed by atoms with Gasteiger partial charge in [0.1, 0.15) is 5.60 Å². The molecule has 6 nitrogen and oxygen atoms in total. The molecule has 2 amide bonds. The van der Waals surface area contributed by atoms with Gasteiger partial charge in [-0.1, -0.05) is 12.1 Å². The zero-order valence-electron chi connectivity index (χ0n) is 12.5. The van der Waals surface area contributed by atoms with Crippen molar-refractivity contribution in [2.75, 3.05) is 20.2 Å². The standard InChI is InChI=1S/C15H20N2O4/c1-15(2)7-10-5-4-6-11(14(10)21-15)20-9-13(19)17(3)8-12(16)18/h4-6H,7-9H2,1-3H3,(H2,16,18). The van der Waals surface area contributed by atoms with Crippen molar-refractivity contribution in [1.82, 2.24) is 4.90 Å². The van der Waals surface area contributed by atoms with Crippen LogP contribution in [-0.2, 0) is 16.0 Å². The van der Waals surface area contributed by atoms with Gasteiger partial charge in [0.25, 0.3) is 5.91 Å². The van der Waals surface area contributed by atoms with Crippen molar-refractivity contribution >= 4 is 11.8 Å². The van der Waals surface area contributed by atoms with Gasteiger partial charge in [-0.25, -0.2) is 0 Å². The van der Waals surface area contributed by atoms with Crippen LogP contribution in [0.2, 0.25) is 0 Å². The Bertz CT molecular complexity index is 569. The Hall–Kier alpha value is -2.24. The van der Waals surface area contributed by atoms with E-state index in [-0.39, 0.29) is 24.7 Å². The summed E-state index contributed by atoms with van der Waals surface area (Å²) in [7, 11) is 1.51. The number of rotatable bonds is 5. The first-order valence-electron chi connectivity index (χ1n) is 6.74. The lowest BCUT2D eigenvalue weighted by Crippen LogP contribution is -2.38. The van der Waals surface area contributed by atoms with Gasteiger partial charge < -0.3 is 20.1 Å². The quantitative estimate of drug-likeness (QED) is 0.867. The van der Waals surface area contributed by atoms with Crippen LogP contribution in [0.25, 0.3) is 0 Å². The molecule has 1 aromatic carbocycles. The summed E-state index contributed by atoms with van der Waals surface area (Å²) >= 11 is 0. The molecule has 1 aliphatic heterocycles. The van der Waals surface area contributed by atoms with Gasteiger partial charge in [-0.15, -0.1) is 0 Å². The van der Waals surface area contributed by atoms with Gasteiger partial charge in [0.05, 0.1) is 6.54 Å². The molecule has 21 heavy (non-hydrogen) atoms. The topological polar surface area (TPSA) is 81.9 Å². The van der Waals surface area contributed by atoms with E-state index in [2.05, 4.69) is 0 Å². The number of carbonyl (C=O) groups excluding carboxylic acids is 2. The molecular formula is C15H20N2O4. The van der Waals surface area contributed by atoms with Crippen LogP contribution < -0.4 is 15.2 Å². The summed E-state index contributed by atoms with van der Waals surface area (Å²) in [4.78, 5) is 23.8. The summed E-state index contributed by atoms with van der Waals surface area (Å²) < 4.78 is 11.4. The maximum Gasteiger partial charge on any atom is 0.260 e. The highest BCUT2D eigenvalue weighted by atomic mass is 16.5. The lowest BCUT2D eigenvalue weighted by Gasteiger charge is -2.19. The van der Waals surface area contributed by atoms with Crippen molar-refractivity contribution in [3.8, 4) is 11.5 Å². The molecule has 0 unspecified atom stereocenters. The van der Waals surface area contributed by atoms with Crippen LogP contribution >= 0.6 is 0 Å². The van der Waals surface area contributed by atoms with E-state index in [9.17, 15) is 9.59 Å². The van der Waals surface area contributed by atoms with Crippen molar-refractivity contribution in [1.29, 1.82) is 0 Å². The van der Waals surface area contributed by atoms with E-state index in [1.54, 1.807) is 6.07 Å². The molecule has 1 aromatic rings. The van der Waals surface area contributed by atoms with E-state index in [0.29, 0.717) is 11.5 Å². The second-order valence-corrected chi connectivity index (χ2v) is 5.79. The molecule has 6 heteroatoms. The van der Waals surface area contributed by atoms with Crippen LogP contribution in [0.5, 0.6) is 11.5 Å². The lowest BCUT2D eigenvalue weighted by molar-refractivity contribution is -0.135. The van der Waals surface area contributed by atoms with Crippen LogP contribution in [0.1, 0.15) is 19.4 Å². The van der Waals surface area contributed by atoms with Crippen LogP contribution in [0, 0.1) is 0 Å². The molecule has 0 saturated carbocycles. The van der Waals surface area contributed by atoms with Gasteiger partial charge in [0, 0.05) is 19.0 Å². The molecule has 0 atom stereocenters. The number of amides is 2. The van der Waals surface area contributed by atoms with Crippen molar-refractivity contribution in [2.24, 2.45) is 5.73 Å². The maximum absolute atomic E-state index is 11.8. The van der Waals surface area contributed by atoms with Crippen LogP contribution in [0.15, 0.2) is 18.2 Å². The molecule has 0 saturated heterocycles. The molecule has 0 spiro atoms. The molecule has 0 radical (unpaired) electrons. The van der Waals surface area contributed by atoms with Crippen LogP contribution in [0.3, 0.4) is 0 Å². The van der Waals surface area contributed by atoms with E-state index in [0.717, 1.165) is 12.0 Å². The first kappa shape index (κ1) is 15.2. The monoisotopic (exact) mass is 292 g/mol. The largest absolute Gasteiger partial charge is 0.483 e. The Morgan fingerprint density at radius 2 is 2.14 bits per heavy atom. The summed E-state index contributed by atoms with van der Waals surface area (Å²) in [6, 6.07) is 5.62. The number of fused-ring (bicyclic) bond motifs is 1. The molecular weight excluding hydrogens is 272 g/mol. The second-order valence-electron chi connectivity index (χ2n) is 5.79. The number of benzene rings is 1. The molecule has 0 aromatic heterocycles. The Labute approximate surface area is 123 Å². The number of nitrogens with zero attached hydrogens (tertiary/aromatic N) is 1. The second kappa shape index (κ2) is 5.63. The molecule has 114 valence electrons. The van der Waals surface area contributed by atoms with E-state index < -0.39 is 5.91 Å². The molecule has 0 fully saturated rings. The van der Waals surface area contributed by atoms with Gasteiger partial charge in [-0.05, 0) is 19.9 Å². The fourth-order valence-electron chi connectivity index (χ4n) is 2.27. The minimum atomic E-state index is -0.559. The summed E-state index contributed by atoms with van der Waals surface area (Å²) in [5, 5.41) is 0. The highest BCUT2D eigenvalue weighted by Gasteiger charge is 2.32. The maximum atomic E-state index is 11.8. The Balaban J connectivity index is 2.01. The molecule has 0 bridgehead atoms. The van der Waals surface area contributed by atoms with Crippen molar-refractivity contribution in [2.45, 2.75) is 25.9 Å². The molecule has 2 rings (SSSR count). The summed E-state index contributed by atoms with van der Waals surface area (Å²) in [5.74, 6) is 0.354. The third-order valence-corrected chi connectivity index (χ3v) is 3.22. The summed E-state index contributed by atoms with van der Waals surface area (Å²) in [6.45, 7) is 3.72.